The zero-order valence-corrected chi connectivity index (χ0v) is 31.1. The molecule has 0 bridgehead atoms. The normalized spacial score (nSPS) is 19.0. The molecule has 2 N–H and O–H groups in total. The average molecular weight is 667 g/mol. The summed E-state index contributed by atoms with van der Waals surface area (Å²) in [5.74, 6) is 1.10. The van der Waals surface area contributed by atoms with E-state index in [9.17, 15) is 0 Å². The van der Waals surface area contributed by atoms with E-state index in [0.29, 0.717) is 0 Å². The largest absolute Gasteiger partial charge is 0.389 e. The van der Waals surface area contributed by atoms with Crippen molar-refractivity contribution in [1.82, 2.24) is 10.6 Å². The molecule has 2 atom stereocenters. The van der Waals surface area contributed by atoms with Gasteiger partial charge in [-0.05, 0) is 97.1 Å². The van der Waals surface area contributed by atoms with Gasteiger partial charge < -0.3 is 10.6 Å². The highest BCUT2D eigenvalue weighted by atomic mass is 32.2. The molecule has 0 aromatic heterocycles. The first kappa shape index (κ1) is 35.7. The maximum absolute atomic E-state index is 3.77. The van der Waals surface area contributed by atoms with Crippen molar-refractivity contribution in [3.63, 3.8) is 0 Å². The van der Waals surface area contributed by atoms with E-state index in [4.69, 9.17) is 0 Å². The summed E-state index contributed by atoms with van der Waals surface area (Å²) in [5.41, 5.74) is 8.15. The van der Waals surface area contributed by atoms with E-state index in [1.54, 1.807) is 0 Å². The van der Waals surface area contributed by atoms with Crippen LogP contribution in [0, 0.1) is 0 Å². The summed E-state index contributed by atoms with van der Waals surface area (Å²) in [6.45, 7) is 9.05. The van der Waals surface area contributed by atoms with Crippen molar-refractivity contribution in [1.29, 1.82) is 0 Å². The van der Waals surface area contributed by atoms with Crippen molar-refractivity contribution in [2.75, 3.05) is 25.1 Å². The minimum Gasteiger partial charge on any atom is -0.389 e. The monoisotopic (exact) mass is 666 g/mol. The first-order valence-corrected chi connectivity index (χ1v) is 20.7. The van der Waals surface area contributed by atoms with Crippen LogP contribution in [0.25, 0.3) is 0 Å². The Morgan fingerprint density at radius 1 is 0.617 bits per heavy atom. The van der Waals surface area contributed by atoms with Gasteiger partial charge in [0.25, 0.3) is 0 Å². The van der Waals surface area contributed by atoms with Crippen LogP contribution in [0.5, 0.6) is 0 Å². The lowest BCUT2D eigenvalue weighted by Crippen LogP contribution is -2.30. The van der Waals surface area contributed by atoms with Crippen LogP contribution in [-0.2, 0) is 10.8 Å². The van der Waals surface area contributed by atoms with Crippen molar-refractivity contribution in [2.24, 2.45) is 0 Å². The topological polar surface area (TPSA) is 24.1 Å². The summed E-state index contributed by atoms with van der Waals surface area (Å²) in [4.78, 5) is 2.69. The standard InChI is InChI=1S/C43H58N2S2/c1-5-8-10-27-42(32-38-17-13-29-44-38,34-19-23-40(46-4)24-20-34)36-15-12-16-37(31-36)43(28-11-9-6-2,33-39-18-14-30-45-39)35-21-25-41(26-22-35)47-7-3/h12,15-16,19-26,31-33,44-45H,5-11,13-14,17-18,27-30H2,1-4H3/b38-32+,39-33+. The predicted octanol–water partition coefficient (Wildman–Crippen LogP) is 11.8. The summed E-state index contributed by atoms with van der Waals surface area (Å²) in [6.07, 6.45) is 21.8. The van der Waals surface area contributed by atoms with Gasteiger partial charge in [0.1, 0.15) is 0 Å². The van der Waals surface area contributed by atoms with E-state index in [1.165, 1.54) is 94.8 Å². The molecule has 252 valence electrons. The number of benzene rings is 3. The van der Waals surface area contributed by atoms with Crippen molar-refractivity contribution in [3.8, 4) is 0 Å². The van der Waals surface area contributed by atoms with Gasteiger partial charge >= 0.3 is 0 Å². The Bertz CT molecular complexity index is 1440. The number of nitrogens with one attached hydrogen (secondary N) is 2. The molecule has 0 saturated carbocycles. The highest BCUT2D eigenvalue weighted by molar-refractivity contribution is 7.99. The van der Waals surface area contributed by atoms with Crippen molar-refractivity contribution < 1.29 is 0 Å². The van der Waals surface area contributed by atoms with Crippen LogP contribution in [-0.4, -0.2) is 25.1 Å². The third-order valence-corrected chi connectivity index (χ3v) is 12.0. The molecule has 2 nitrogen and oxygen atoms in total. The third kappa shape index (κ3) is 8.73. The van der Waals surface area contributed by atoms with Crippen LogP contribution in [0.4, 0.5) is 0 Å². The summed E-state index contributed by atoms with van der Waals surface area (Å²) in [5, 5.41) is 7.55. The van der Waals surface area contributed by atoms with E-state index in [-0.39, 0.29) is 10.8 Å². The molecule has 0 radical (unpaired) electrons. The SMILES string of the molecule is CCCCCC(/C=C1\CCCN1)(c1ccc(SC)cc1)c1cccc(C(/C=C2\CCCN2)(CCCCC)c2ccc(SCC)cc2)c1. The smallest absolute Gasteiger partial charge is 0.0401 e. The Labute approximate surface area is 295 Å². The number of allylic oxidation sites excluding steroid dienone is 4. The molecule has 5 rings (SSSR count). The summed E-state index contributed by atoms with van der Waals surface area (Å²) < 4.78 is 0. The zero-order valence-electron chi connectivity index (χ0n) is 29.5. The van der Waals surface area contributed by atoms with E-state index >= 15 is 0 Å². The number of hydrogen-bond donors (Lipinski definition) is 2. The molecule has 3 aromatic rings. The highest BCUT2D eigenvalue weighted by Gasteiger charge is 2.37. The van der Waals surface area contributed by atoms with Crippen molar-refractivity contribution >= 4 is 23.5 Å². The minimum atomic E-state index is -0.191. The lowest BCUT2D eigenvalue weighted by atomic mass is 9.66. The maximum Gasteiger partial charge on any atom is 0.0401 e. The fraction of sp³-hybridized carbons (Fsp3) is 0.488. The lowest BCUT2D eigenvalue weighted by Gasteiger charge is -2.37. The van der Waals surface area contributed by atoms with Gasteiger partial charge in [-0.3, -0.25) is 0 Å². The first-order chi connectivity index (χ1) is 23.1. The Morgan fingerprint density at radius 2 is 1.11 bits per heavy atom. The summed E-state index contributed by atoms with van der Waals surface area (Å²) >= 11 is 3.76. The predicted molar refractivity (Wildman–Crippen MR) is 208 cm³/mol. The molecule has 0 amide bonds. The first-order valence-electron chi connectivity index (χ1n) is 18.5. The molecule has 0 spiro atoms. The zero-order chi connectivity index (χ0) is 33.0. The molecule has 2 heterocycles. The van der Waals surface area contributed by atoms with E-state index < -0.39 is 0 Å². The van der Waals surface area contributed by atoms with Gasteiger partial charge in [-0.15, -0.1) is 23.5 Å². The second-order valence-electron chi connectivity index (χ2n) is 13.5. The van der Waals surface area contributed by atoms with E-state index in [1.807, 2.05) is 23.5 Å². The molecule has 2 aliphatic rings. The van der Waals surface area contributed by atoms with Gasteiger partial charge in [0.05, 0.1) is 0 Å². The van der Waals surface area contributed by atoms with Crippen LogP contribution >= 0.6 is 23.5 Å². The van der Waals surface area contributed by atoms with Gasteiger partial charge in [-0.2, -0.15) is 0 Å². The van der Waals surface area contributed by atoms with Gasteiger partial charge in [0, 0.05) is 45.1 Å². The number of rotatable bonds is 17. The number of thioether (sulfide) groups is 2. The Kier molecular flexibility index (Phi) is 13.5. The number of hydrogen-bond acceptors (Lipinski definition) is 4. The molecular formula is C43H58N2S2. The molecule has 47 heavy (non-hydrogen) atoms. The van der Waals surface area contributed by atoms with Crippen molar-refractivity contribution in [2.45, 2.75) is 118 Å². The summed E-state index contributed by atoms with van der Waals surface area (Å²) in [7, 11) is 0. The van der Waals surface area contributed by atoms with Crippen LogP contribution < -0.4 is 10.6 Å². The molecule has 2 unspecified atom stereocenters. The van der Waals surface area contributed by atoms with Gasteiger partial charge in [0.2, 0.25) is 0 Å². The maximum atomic E-state index is 3.77. The third-order valence-electron chi connectivity index (χ3n) is 10.3. The fourth-order valence-corrected chi connectivity index (χ4v) is 8.82. The quantitative estimate of drug-likeness (QED) is 0.111. The molecule has 2 fully saturated rings. The highest BCUT2D eigenvalue weighted by Crippen LogP contribution is 2.46. The van der Waals surface area contributed by atoms with E-state index in [2.05, 4.69) is 123 Å². The fourth-order valence-electron chi connectivity index (χ4n) is 7.75. The van der Waals surface area contributed by atoms with Gasteiger partial charge in [-0.25, -0.2) is 0 Å². The second-order valence-corrected chi connectivity index (χ2v) is 15.7. The second kappa shape index (κ2) is 17.7. The van der Waals surface area contributed by atoms with Gasteiger partial charge in [0.15, 0.2) is 0 Å². The molecule has 3 aromatic carbocycles. The van der Waals surface area contributed by atoms with Crippen LogP contribution in [0.2, 0.25) is 0 Å². The van der Waals surface area contributed by atoms with E-state index in [0.717, 1.165) is 44.5 Å². The summed E-state index contributed by atoms with van der Waals surface area (Å²) in [6, 6.07) is 28.9. The number of unbranched alkanes of at least 4 members (excludes halogenated alkanes) is 4. The Hall–Kier alpha value is -2.56. The molecular weight excluding hydrogens is 609 g/mol. The molecule has 2 saturated heterocycles. The molecule has 0 aliphatic carbocycles. The Morgan fingerprint density at radius 3 is 1.51 bits per heavy atom. The Balaban J connectivity index is 1.73. The van der Waals surface area contributed by atoms with Gasteiger partial charge in [-0.1, -0.05) is 120 Å². The van der Waals surface area contributed by atoms with Crippen LogP contribution in [0.15, 0.2) is 106 Å². The minimum absolute atomic E-state index is 0.190. The molecule has 2 aliphatic heterocycles. The average Bonchev–Trinajstić information content (AvgIpc) is 3.83. The van der Waals surface area contributed by atoms with Crippen LogP contribution in [0.3, 0.4) is 0 Å². The van der Waals surface area contributed by atoms with Crippen LogP contribution in [0.1, 0.15) is 120 Å². The molecule has 4 heteroatoms. The lowest BCUT2D eigenvalue weighted by molar-refractivity contribution is 0.512. The van der Waals surface area contributed by atoms with Crippen molar-refractivity contribution in [3.05, 3.63) is 119 Å².